The van der Waals surface area contributed by atoms with Crippen molar-refractivity contribution in [2.75, 3.05) is 4.90 Å². The predicted molar refractivity (Wildman–Crippen MR) is 185 cm³/mol. The lowest BCUT2D eigenvalue weighted by Gasteiger charge is -2.25. The van der Waals surface area contributed by atoms with E-state index < -0.39 is 0 Å². The van der Waals surface area contributed by atoms with Crippen molar-refractivity contribution in [3.05, 3.63) is 169 Å². The molecule has 0 saturated carbocycles. The fourth-order valence-corrected chi connectivity index (χ4v) is 6.66. The third kappa shape index (κ3) is 4.51. The molecule has 0 amide bonds. The molecule has 43 heavy (non-hydrogen) atoms. The van der Waals surface area contributed by atoms with Crippen molar-refractivity contribution in [3.63, 3.8) is 0 Å². The third-order valence-corrected chi connectivity index (χ3v) is 8.63. The molecule has 8 rings (SSSR count). The lowest BCUT2D eigenvalue weighted by molar-refractivity contribution is 1.04. The summed E-state index contributed by atoms with van der Waals surface area (Å²) in [6, 6.07) is 52.8. The molecule has 0 saturated heterocycles. The molecule has 0 aliphatic heterocycles. The fraction of sp³-hybridized carbons (Fsp3) is 0.0476. The molecule has 0 unspecified atom stereocenters. The summed E-state index contributed by atoms with van der Waals surface area (Å²) in [6.45, 7) is 0. The standard InChI is InChI=1S/C42H31N/c1-4-14-30(15-5-1)40-28-32-29-41(37-21-11-13-23-39(37)42(32)38-22-12-10-20-36(38)40)31-24-26-35(27-25-31)43(33-16-6-2-7-17-33)34-18-8-3-9-19-34/h2-4,6-29H,1,5H2. The Bertz CT molecular complexity index is 2110. The SMILES string of the molecule is C1=CC(c2cc3cc(-c4ccc(N(c5ccccc5)c5ccccc5)cc4)c4ccccc4c3c3ccccc23)=CCC1. The molecule has 1 heteroatoms. The zero-order valence-electron chi connectivity index (χ0n) is 23.9. The lowest BCUT2D eigenvalue weighted by Crippen LogP contribution is -2.09. The van der Waals surface area contributed by atoms with E-state index in [0.717, 1.165) is 29.9 Å². The molecule has 0 N–H and O–H groups in total. The third-order valence-electron chi connectivity index (χ3n) is 8.63. The van der Waals surface area contributed by atoms with E-state index in [9.17, 15) is 0 Å². The van der Waals surface area contributed by atoms with Crippen LogP contribution >= 0.6 is 0 Å². The summed E-state index contributed by atoms with van der Waals surface area (Å²) < 4.78 is 0. The van der Waals surface area contributed by atoms with Gasteiger partial charge in [-0.15, -0.1) is 0 Å². The molecule has 0 bridgehead atoms. The van der Waals surface area contributed by atoms with Crippen LogP contribution in [0.2, 0.25) is 0 Å². The maximum absolute atomic E-state index is 2.41. The van der Waals surface area contributed by atoms with Crippen LogP contribution in [-0.2, 0) is 0 Å². The second-order valence-corrected chi connectivity index (χ2v) is 11.2. The molecule has 0 radical (unpaired) electrons. The summed E-state index contributed by atoms with van der Waals surface area (Å²) in [5, 5.41) is 7.81. The van der Waals surface area contributed by atoms with Gasteiger partial charge in [-0.1, -0.05) is 115 Å². The number of hydrogen-bond donors (Lipinski definition) is 0. The number of benzene rings is 7. The molecule has 0 aromatic heterocycles. The first-order valence-corrected chi connectivity index (χ1v) is 15.1. The number of rotatable bonds is 5. The number of anilines is 3. The summed E-state index contributed by atoms with van der Waals surface area (Å²) in [7, 11) is 0. The van der Waals surface area contributed by atoms with E-state index in [1.807, 2.05) is 0 Å². The molecule has 7 aromatic rings. The minimum absolute atomic E-state index is 1.09. The van der Waals surface area contributed by atoms with E-state index in [-0.39, 0.29) is 0 Å². The van der Waals surface area contributed by atoms with Crippen LogP contribution in [0.15, 0.2) is 164 Å². The maximum atomic E-state index is 2.41. The highest BCUT2D eigenvalue weighted by Gasteiger charge is 2.16. The van der Waals surface area contributed by atoms with E-state index in [4.69, 9.17) is 0 Å². The van der Waals surface area contributed by atoms with Gasteiger partial charge in [0.1, 0.15) is 0 Å². The monoisotopic (exact) mass is 549 g/mol. The van der Waals surface area contributed by atoms with E-state index >= 15 is 0 Å². The summed E-state index contributed by atoms with van der Waals surface area (Å²) in [6.07, 6.45) is 9.20. The average molecular weight is 550 g/mol. The molecular weight excluding hydrogens is 518 g/mol. The highest BCUT2D eigenvalue weighted by molar-refractivity contribution is 6.25. The number of allylic oxidation sites excluding steroid dienone is 4. The molecule has 1 aliphatic carbocycles. The zero-order valence-corrected chi connectivity index (χ0v) is 23.9. The van der Waals surface area contributed by atoms with Crippen molar-refractivity contribution < 1.29 is 0 Å². The number of fused-ring (bicyclic) bond motifs is 5. The molecule has 7 aromatic carbocycles. The van der Waals surface area contributed by atoms with Crippen molar-refractivity contribution in [2.45, 2.75) is 12.8 Å². The Morgan fingerprint density at radius 2 is 0.953 bits per heavy atom. The van der Waals surface area contributed by atoms with Gasteiger partial charge in [-0.2, -0.15) is 0 Å². The maximum Gasteiger partial charge on any atom is 0.0462 e. The van der Waals surface area contributed by atoms with Crippen molar-refractivity contribution >= 4 is 55.0 Å². The van der Waals surface area contributed by atoms with Crippen LogP contribution in [0.3, 0.4) is 0 Å². The predicted octanol–water partition coefficient (Wildman–Crippen LogP) is 12.0. The average Bonchev–Trinajstić information content (AvgIpc) is 3.09. The second-order valence-electron chi connectivity index (χ2n) is 11.2. The zero-order chi connectivity index (χ0) is 28.6. The largest absolute Gasteiger partial charge is 0.311 e. The van der Waals surface area contributed by atoms with Crippen LogP contribution in [0.5, 0.6) is 0 Å². The number of para-hydroxylation sites is 2. The summed E-state index contributed by atoms with van der Waals surface area (Å²) in [5.74, 6) is 0. The summed E-state index contributed by atoms with van der Waals surface area (Å²) in [5.41, 5.74) is 8.54. The van der Waals surface area contributed by atoms with Crippen molar-refractivity contribution in [3.8, 4) is 11.1 Å². The minimum Gasteiger partial charge on any atom is -0.311 e. The van der Waals surface area contributed by atoms with Crippen LogP contribution < -0.4 is 4.90 Å². The first-order chi connectivity index (χ1) is 21.3. The van der Waals surface area contributed by atoms with Crippen LogP contribution in [0.4, 0.5) is 17.1 Å². The van der Waals surface area contributed by atoms with Crippen LogP contribution in [0.25, 0.3) is 49.0 Å². The number of hydrogen-bond acceptors (Lipinski definition) is 1. The smallest absolute Gasteiger partial charge is 0.0462 e. The van der Waals surface area contributed by atoms with Gasteiger partial charge in [0.25, 0.3) is 0 Å². The van der Waals surface area contributed by atoms with Crippen molar-refractivity contribution in [1.82, 2.24) is 0 Å². The minimum atomic E-state index is 1.09. The van der Waals surface area contributed by atoms with E-state index in [1.54, 1.807) is 0 Å². The van der Waals surface area contributed by atoms with Gasteiger partial charge in [-0.05, 0) is 116 Å². The molecule has 0 fully saturated rings. The van der Waals surface area contributed by atoms with Crippen LogP contribution in [0.1, 0.15) is 18.4 Å². The van der Waals surface area contributed by atoms with Gasteiger partial charge in [-0.3, -0.25) is 0 Å². The van der Waals surface area contributed by atoms with Crippen LogP contribution in [-0.4, -0.2) is 0 Å². The summed E-state index contributed by atoms with van der Waals surface area (Å²) >= 11 is 0. The topological polar surface area (TPSA) is 3.24 Å². The Morgan fingerprint density at radius 3 is 1.53 bits per heavy atom. The quantitative estimate of drug-likeness (QED) is 0.193. The fourth-order valence-electron chi connectivity index (χ4n) is 6.66. The van der Waals surface area contributed by atoms with Gasteiger partial charge >= 0.3 is 0 Å². The van der Waals surface area contributed by atoms with Crippen molar-refractivity contribution in [2.24, 2.45) is 0 Å². The van der Waals surface area contributed by atoms with Crippen molar-refractivity contribution in [1.29, 1.82) is 0 Å². The summed E-state index contributed by atoms with van der Waals surface area (Å²) in [4.78, 5) is 2.31. The van der Waals surface area contributed by atoms with Gasteiger partial charge < -0.3 is 4.90 Å². The Hall–Kier alpha value is -5.40. The highest BCUT2D eigenvalue weighted by atomic mass is 15.1. The Balaban J connectivity index is 1.32. The van der Waals surface area contributed by atoms with Gasteiger partial charge in [0, 0.05) is 17.1 Å². The van der Waals surface area contributed by atoms with E-state index in [1.165, 1.54) is 54.6 Å². The highest BCUT2D eigenvalue weighted by Crippen LogP contribution is 2.42. The van der Waals surface area contributed by atoms with Gasteiger partial charge in [-0.25, -0.2) is 0 Å². The molecule has 204 valence electrons. The van der Waals surface area contributed by atoms with Gasteiger partial charge in [0.05, 0.1) is 0 Å². The normalized spacial score (nSPS) is 13.0. The lowest BCUT2D eigenvalue weighted by atomic mass is 9.86. The second kappa shape index (κ2) is 10.8. The Morgan fingerprint density at radius 1 is 0.442 bits per heavy atom. The molecule has 0 heterocycles. The molecule has 0 spiro atoms. The first kappa shape index (κ1) is 25.3. The van der Waals surface area contributed by atoms with E-state index in [0.29, 0.717) is 0 Å². The van der Waals surface area contributed by atoms with Crippen LogP contribution in [0, 0.1) is 0 Å². The molecule has 0 atom stereocenters. The Kier molecular flexibility index (Phi) is 6.35. The van der Waals surface area contributed by atoms with Gasteiger partial charge in [0.15, 0.2) is 0 Å². The Labute approximate surface area is 252 Å². The number of nitrogens with zero attached hydrogens (tertiary/aromatic N) is 1. The molecular formula is C42H31N. The van der Waals surface area contributed by atoms with Gasteiger partial charge in [0.2, 0.25) is 0 Å². The molecule has 1 aliphatic rings. The molecule has 1 nitrogen and oxygen atoms in total. The first-order valence-electron chi connectivity index (χ1n) is 15.1. The van der Waals surface area contributed by atoms with E-state index in [2.05, 4.69) is 169 Å².